The smallest absolute Gasteiger partial charge is 0.249 e. The second-order valence-electron chi connectivity index (χ2n) is 6.24. The van der Waals surface area contributed by atoms with Gasteiger partial charge in [0.15, 0.2) is 0 Å². The average molecular weight is 282 g/mol. The predicted octanol–water partition coefficient (Wildman–Crippen LogP) is 1.26. The SMILES string of the molecule is CSCCN1C(=O)C(C)(C2CC2)NC(=O)C1C1CC1. The van der Waals surface area contributed by atoms with E-state index < -0.39 is 5.54 Å². The fraction of sp³-hybridized carbons (Fsp3) is 0.857. The van der Waals surface area contributed by atoms with Crippen LogP contribution in [0.3, 0.4) is 0 Å². The Morgan fingerprint density at radius 3 is 2.53 bits per heavy atom. The highest BCUT2D eigenvalue weighted by Crippen LogP contribution is 2.45. The van der Waals surface area contributed by atoms with E-state index in [9.17, 15) is 9.59 Å². The standard InChI is InChI=1S/C14H22N2O2S/c1-14(10-5-6-10)13(18)16(7-8-19-2)11(9-3-4-9)12(17)15-14/h9-11H,3-8H2,1-2H3,(H,15,17). The molecule has 2 saturated carbocycles. The van der Waals surface area contributed by atoms with Gasteiger partial charge in [-0.15, -0.1) is 0 Å². The normalized spacial score (nSPS) is 35.5. The number of amides is 2. The van der Waals surface area contributed by atoms with E-state index in [1.807, 2.05) is 18.1 Å². The summed E-state index contributed by atoms with van der Waals surface area (Å²) in [6, 6.07) is -0.202. The van der Waals surface area contributed by atoms with Crippen molar-refractivity contribution in [1.29, 1.82) is 0 Å². The van der Waals surface area contributed by atoms with Crippen molar-refractivity contribution in [1.82, 2.24) is 10.2 Å². The number of carbonyl (C=O) groups is 2. The first-order chi connectivity index (χ1) is 9.08. The third-order valence-electron chi connectivity index (χ3n) is 4.69. The minimum Gasteiger partial charge on any atom is -0.340 e. The number of rotatable bonds is 5. The molecule has 2 atom stereocenters. The van der Waals surface area contributed by atoms with Gasteiger partial charge in [0.05, 0.1) is 0 Å². The average Bonchev–Trinajstić information content (AvgIpc) is 3.23. The lowest BCUT2D eigenvalue weighted by Crippen LogP contribution is -2.70. The highest BCUT2D eigenvalue weighted by molar-refractivity contribution is 7.98. The molecule has 0 aromatic heterocycles. The van der Waals surface area contributed by atoms with Crippen molar-refractivity contribution in [3.63, 3.8) is 0 Å². The molecule has 1 heterocycles. The van der Waals surface area contributed by atoms with Crippen LogP contribution in [0.15, 0.2) is 0 Å². The van der Waals surface area contributed by atoms with Crippen LogP contribution in [-0.4, -0.2) is 46.8 Å². The van der Waals surface area contributed by atoms with E-state index in [0.717, 1.165) is 31.4 Å². The lowest BCUT2D eigenvalue weighted by atomic mass is 9.88. The molecule has 2 amide bonds. The molecule has 2 unspecified atom stereocenters. The molecule has 5 heteroatoms. The van der Waals surface area contributed by atoms with Crippen LogP contribution in [-0.2, 0) is 9.59 Å². The van der Waals surface area contributed by atoms with Gasteiger partial charge in [0.1, 0.15) is 11.6 Å². The topological polar surface area (TPSA) is 49.4 Å². The number of hydrogen-bond acceptors (Lipinski definition) is 3. The molecule has 0 spiro atoms. The molecule has 3 fully saturated rings. The van der Waals surface area contributed by atoms with Crippen molar-refractivity contribution in [3.8, 4) is 0 Å². The van der Waals surface area contributed by atoms with E-state index in [1.54, 1.807) is 11.8 Å². The van der Waals surface area contributed by atoms with E-state index in [0.29, 0.717) is 18.4 Å². The second-order valence-corrected chi connectivity index (χ2v) is 7.23. The number of nitrogens with one attached hydrogen (secondary N) is 1. The molecule has 3 rings (SSSR count). The predicted molar refractivity (Wildman–Crippen MR) is 75.9 cm³/mol. The van der Waals surface area contributed by atoms with Gasteiger partial charge in [0, 0.05) is 12.3 Å². The van der Waals surface area contributed by atoms with Crippen LogP contribution in [0, 0.1) is 11.8 Å². The maximum absolute atomic E-state index is 12.8. The van der Waals surface area contributed by atoms with Crippen LogP contribution in [0.2, 0.25) is 0 Å². The van der Waals surface area contributed by atoms with Gasteiger partial charge in [0.25, 0.3) is 0 Å². The van der Waals surface area contributed by atoms with E-state index >= 15 is 0 Å². The molecule has 0 aromatic carbocycles. The summed E-state index contributed by atoms with van der Waals surface area (Å²) in [7, 11) is 0. The van der Waals surface area contributed by atoms with Gasteiger partial charge in [0.2, 0.25) is 11.8 Å². The summed E-state index contributed by atoms with van der Waals surface area (Å²) < 4.78 is 0. The van der Waals surface area contributed by atoms with Crippen molar-refractivity contribution in [3.05, 3.63) is 0 Å². The molecule has 0 radical (unpaired) electrons. The Kier molecular flexibility index (Phi) is 3.28. The maximum atomic E-state index is 12.8. The molecule has 19 heavy (non-hydrogen) atoms. The lowest BCUT2D eigenvalue weighted by Gasteiger charge is -2.45. The minimum absolute atomic E-state index is 0.0811. The Morgan fingerprint density at radius 1 is 1.32 bits per heavy atom. The Hall–Kier alpha value is -0.710. The zero-order valence-electron chi connectivity index (χ0n) is 11.6. The van der Waals surface area contributed by atoms with Gasteiger partial charge in [-0.05, 0) is 50.7 Å². The zero-order chi connectivity index (χ0) is 13.6. The quantitative estimate of drug-likeness (QED) is 0.826. The molecule has 1 N–H and O–H groups in total. The largest absolute Gasteiger partial charge is 0.340 e. The van der Waals surface area contributed by atoms with Crippen molar-refractivity contribution >= 4 is 23.6 Å². The van der Waals surface area contributed by atoms with Crippen molar-refractivity contribution < 1.29 is 9.59 Å². The van der Waals surface area contributed by atoms with Gasteiger partial charge in [-0.1, -0.05) is 0 Å². The highest BCUT2D eigenvalue weighted by atomic mass is 32.2. The molecule has 1 saturated heterocycles. The molecule has 3 aliphatic rings. The summed E-state index contributed by atoms with van der Waals surface area (Å²) in [5, 5.41) is 3.05. The van der Waals surface area contributed by atoms with E-state index in [1.165, 1.54) is 0 Å². The molecular weight excluding hydrogens is 260 g/mol. The van der Waals surface area contributed by atoms with Gasteiger partial charge in [-0.3, -0.25) is 9.59 Å². The van der Waals surface area contributed by atoms with Crippen LogP contribution in [0.5, 0.6) is 0 Å². The number of carbonyl (C=O) groups excluding carboxylic acids is 2. The van der Waals surface area contributed by atoms with Crippen LogP contribution >= 0.6 is 11.8 Å². The first-order valence-electron chi connectivity index (χ1n) is 7.20. The first kappa shape index (κ1) is 13.3. The minimum atomic E-state index is -0.638. The van der Waals surface area contributed by atoms with E-state index in [-0.39, 0.29) is 17.9 Å². The number of hydrogen-bond donors (Lipinski definition) is 1. The van der Waals surface area contributed by atoms with Gasteiger partial charge in [-0.2, -0.15) is 11.8 Å². The first-order valence-corrected chi connectivity index (χ1v) is 8.59. The molecule has 106 valence electrons. The van der Waals surface area contributed by atoms with Gasteiger partial charge < -0.3 is 10.2 Å². The van der Waals surface area contributed by atoms with Crippen LogP contribution in [0.25, 0.3) is 0 Å². The molecular formula is C14H22N2O2S. The maximum Gasteiger partial charge on any atom is 0.249 e. The Morgan fingerprint density at radius 2 is 2.00 bits per heavy atom. The third kappa shape index (κ3) is 2.26. The summed E-state index contributed by atoms with van der Waals surface area (Å²) in [6.07, 6.45) is 6.34. The molecule has 2 aliphatic carbocycles. The van der Waals surface area contributed by atoms with E-state index in [4.69, 9.17) is 0 Å². The van der Waals surface area contributed by atoms with Crippen LogP contribution in [0.1, 0.15) is 32.6 Å². The van der Waals surface area contributed by atoms with Crippen molar-refractivity contribution in [2.24, 2.45) is 11.8 Å². The fourth-order valence-corrected chi connectivity index (χ4v) is 3.58. The number of nitrogens with zero attached hydrogens (tertiary/aromatic N) is 1. The molecule has 4 nitrogen and oxygen atoms in total. The van der Waals surface area contributed by atoms with Crippen LogP contribution < -0.4 is 5.32 Å². The number of piperazine rings is 1. The Labute approximate surface area is 118 Å². The van der Waals surface area contributed by atoms with Gasteiger partial charge >= 0.3 is 0 Å². The second kappa shape index (κ2) is 4.69. The summed E-state index contributed by atoms with van der Waals surface area (Å²) in [6.45, 7) is 2.62. The molecule has 1 aliphatic heterocycles. The van der Waals surface area contributed by atoms with Crippen molar-refractivity contribution in [2.45, 2.75) is 44.2 Å². The molecule has 0 bridgehead atoms. The highest BCUT2D eigenvalue weighted by Gasteiger charge is 2.57. The molecule has 0 aromatic rings. The Balaban J connectivity index is 1.84. The number of thioether (sulfide) groups is 1. The summed E-state index contributed by atoms with van der Waals surface area (Å²) in [5.41, 5.74) is -0.638. The van der Waals surface area contributed by atoms with Gasteiger partial charge in [-0.25, -0.2) is 0 Å². The lowest BCUT2D eigenvalue weighted by molar-refractivity contribution is -0.155. The van der Waals surface area contributed by atoms with Crippen molar-refractivity contribution in [2.75, 3.05) is 18.6 Å². The summed E-state index contributed by atoms with van der Waals surface area (Å²) in [5.74, 6) is 1.89. The fourth-order valence-electron chi connectivity index (χ4n) is 3.20. The third-order valence-corrected chi connectivity index (χ3v) is 5.28. The van der Waals surface area contributed by atoms with Crippen LogP contribution in [0.4, 0.5) is 0 Å². The Bertz CT molecular complexity index is 406. The summed E-state index contributed by atoms with van der Waals surface area (Å²) in [4.78, 5) is 27.1. The summed E-state index contributed by atoms with van der Waals surface area (Å²) >= 11 is 1.73. The van der Waals surface area contributed by atoms with E-state index in [2.05, 4.69) is 5.32 Å². The zero-order valence-corrected chi connectivity index (χ0v) is 12.5. The monoisotopic (exact) mass is 282 g/mol.